The minimum Gasteiger partial charge on any atom is -0.494 e. The van der Waals surface area contributed by atoms with E-state index in [1.54, 1.807) is 38.3 Å². The highest BCUT2D eigenvalue weighted by atomic mass is 16.5. The summed E-state index contributed by atoms with van der Waals surface area (Å²) in [5.41, 5.74) is 0.663. The average molecular weight is 315 g/mol. The molecule has 23 heavy (non-hydrogen) atoms. The highest BCUT2D eigenvalue weighted by Gasteiger charge is 2.17. The largest absolute Gasteiger partial charge is 0.494 e. The van der Waals surface area contributed by atoms with Gasteiger partial charge < -0.3 is 19.5 Å². The highest BCUT2D eigenvalue weighted by Crippen LogP contribution is 2.27. The summed E-state index contributed by atoms with van der Waals surface area (Å²) in [6.45, 7) is 4.17. The van der Waals surface area contributed by atoms with Gasteiger partial charge in [-0.05, 0) is 38.1 Å². The molecular weight excluding hydrogens is 294 g/mol. The maximum atomic E-state index is 12.3. The molecule has 0 bridgehead atoms. The Kier molecular flexibility index (Phi) is 5.86. The van der Waals surface area contributed by atoms with E-state index in [1.807, 2.05) is 31.2 Å². The molecule has 0 radical (unpaired) electrons. The van der Waals surface area contributed by atoms with Gasteiger partial charge in [0, 0.05) is 11.8 Å². The van der Waals surface area contributed by atoms with Gasteiger partial charge in [-0.15, -0.1) is 0 Å². The summed E-state index contributed by atoms with van der Waals surface area (Å²) < 4.78 is 16.3. The summed E-state index contributed by atoms with van der Waals surface area (Å²) >= 11 is 0. The van der Waals surface area contributed by atoms with Crippen molar-refractivity contribution in [2.75, 3.05) is 19.0 Å². The van der Waals surface area contributed by atoms with E-state index in [0.717, 1.165) is 0 Å². The number of nitrogens with one attached hydrogen (secondary N) is 1. The first-order valence-electron chi connectivity index (χ1n) is 7.47. The molecule has 0 fully saturated rings. The van der Waals surface area contributed by atoms with Crippen molar-refractivity contribution in [2.45, 2.75) is 20.0 Å². The maximum absolute atomic E-state index is 12.3. The second kappa shape index (κ2) is 8.08. The van der Waals surface area contributed by atoms with Crippen LogP contribution in [0.3, 0.4) is 0 Å². The lowest BCUT2D eigenvalue weighted by molar-refractivity contribution is -0.122. The van der Waals surface area contributed by atoms with Crippen molar-refractivity contribution in [3.05, 3.63) is 48.5 Å². The van der Waals surface area contributed by atoms with Crippen LogP contribution in [0, 0.1) is 0 Å². The fourth-order valence-corrected chi connectivity index (χ4v) is 2.03. The molecule has 2 aromatic carbocycles. The minimum atomic E-state index is -0.665. The zero-order valence-corrected chi connectivity index (χ0v) is 13.5. The van der Waals surface area contributed by atoms with Crippen LogP contribution in [0.15, 0.2) is 48.5 Å². The van der Waals surface area contributed by atoms with Crippen molar-refractivity contribution in [1.29, 1.82) is 0 Å². The van der Waals surface area contributed by atoms with Crippen LogP contribution >= 0.6 is 0 Å². The zero-order valence-electron chi connectivity index (χ0n) is 13.5. The summed E-state index contributed by atoms with van der Waals surface area (Å²) in [7, 11) is 1.56. The summed E-state index contributed by atoms with van der Waals surface area (Å²) in [6, 6.07) is 14.5. The second-order valence-corrected chi connectivity index (χ2v) is 4.86. The van der Waals surface area contributed by atoms with Crippen LogP contribution in [0.2, 0.25) is 0 Å². The van der Waals surface area contributed by atoms with Gasteiger partial charge in [-0.25, -0.2) is 0 Å². The number of anilines is 1. The molecule has 1 amide bonds. The van der Waals surface area contributed by atoms with E-state index >= 15 is 0 Å². The first-order valence-corrected chi connectivity index (χ1v) is 7.47. The minimum absolute atomic E-state index is 0.246. The van der Waals surface area contributed by atoms with Crippen LogP contribution in [0.5, 0.6) is 17.2 Å². The fraction of sp³-hybridized carbons (Fsp3) is 0.278. The molecule has 0 aromatic heterocycles. The van der Waals surface area contributed by atoms with Gasteiger partial charge in [0.05, 0.1) is 13.7 Å². The Bertz CT molecular complexity index is 657. The van der Waals surface area contributed by atoms with Gasteiger partial charge in [-0.1, -0.05) is 18.2 Å². The molecule has 1 N–H and O–H groups in total. The van der Waals surface area contributed by atoms with E-state index in [-0.39, 0.29) is 5.91 Å². The van der Waals surface area contributed by atoms with E-state index in [1.165, 1.54) is 0 Å². The number of methoxy groups -OCH3 is 1. The van der Waals surface area contributed by atoms with Crippen LogP contribution in [-0.4, -0.2) is 25.7 Å². The Morgan fingerprint density at radius 2 is 1.87 bits per heavy atom. The smallest absolute Gasteiger partial charge is 0.265 e. The number of para-hydroxylation sites is 2. The van der Waals surface area contributed by atoms with Crippen LogP contribution in [0.1, 0.15) is 13.8 Å². The zero-order chi connectivity index (χ0) is 16.7. The molecule has 0 aliphatic rings. The van der Waals surface area contributed by atoms with Crippen molar-refractivity contribution in [2.24, 2.45) is 0 Å². The first-order chi connectivity index (χ1) is 11.1. The summed E-state index contributed by atoms with van der Waals surface area (Å²) in [5.74, 6) is 1.58. The molecule has 0 unspecified atom stereocenters. The Hall–Kier alpha value is -2.69. The van der Waals surface area contributed by atoms with Gasteiger partial charge in [-0.3, -0.25) is 4.79 Å². The van der Waals surface area contributed by atoms with Gasteiger partial charge in [0.25, 0.3) is 5.91 Å². The molecule has 2 aromatic rings. The van der Waals surface area contributed by atoms with Crippen molar-refractivity contribution in [1.82, 2.24) is 0 Å². The van der Waals surface area contributed by atoms with Crippen molar-refractivity contribution >= 4 is 11.6 Å². The van der Waals surface area contributed by atoms with Gasteiger partial charge in [0.1, 0.15) is 5.75 Å². The second-order valence-electron chi connectivity index (χ2n) is 4.86. The van der Waals surface area contributed by atoms with Crippen molar-refractivity contribution < 1.29 is 19.0 Å². The molecular formula is C18H21NO4. The Morgan fingerprint density at radius 3 is 2.57 bits per heavy atom. The lowest BCUT2D eigenvalue weighted by Gasteiger charge is -2.16. The van der Waals surface area contributed by atoms with Gasteiger partial charge in [-0.2, -0.15) is 0 Å². The lowest BCUT2D eigenvalue weighted by Crippen LogP contribution is -2.30. The molecule has 5 nitrogen and oxygen atoms in total. The molecule has 1 atom stereocenters. The summed E-state index contributed by atoms with van der Waals surface area (Å²) in [6.07, 6.45) is -0.665. The lowest BCUT2D eigenvalue weighted by atomic mass is 10.2. The van der Waals surface area contributed by atoms with Gasteiger partial charge in [0.15, 0.2) is 17.6 Å². The topological polar surface area (TPSA) is 56.8 Å². The molecule has 0 saturated heterocycles. The van der Waals surface area contributed by atoms with E-state index in [9.17, 15) is 4.79 Å². The number of benzene rings is 2. The van der Waals surface area contributed by atoms with Crippen molar-refractivity contribution in [3.8, 4) is 17.2 Å². The fourth-order valence-electron chi connectivity index (χ4n) is 2.03. The molecule has 122 valence electrons. The van der Waals surface area contributed by atoms with Gasteiger partial charge in [0.2, 0.25) is 0 Å². The van der Waals surface area contributed by atoms with Crippen LogP contribution in [0.25, 0.3) is 0 Å². The van der Waals surface area contributed by atoms with E-state index in [4.69, 9.17) is 14.2 Å². The predicted octanol–water partition coefficient (Wildman–Crippen LogP) is 3.50. The number of carbonyl (C=O) groups excluding carboxylic acids is 1. The number of amides is 1. The first kappa shape index (κ1) is 16.7. The number of carbonyl (C=O) groups is 1. The normalized spacial score (nSPS) is 11.4. The molecule has 5 heteroatoms. The van der Waals surface area contributed by atoms with E-state index < -0.39 is 6.10 Å². The third kappa shape index (κ3) is 4.64. The van der Waals surface area contributed by atoms with Crippen LogP contribution in [0.4, 0.5) is 5.69 Å². The predicted molar refractivity (Wildman–Crippen MR) is 89.3 cm³/mol. The molecule has 0 saturated carbocycles. The molecule has 0 spiro atoms. The van der Waals surface area contributed by atoms with Crippen LogP contribution in [-0.2, 0) is 4.79 Å². The molecule has 2 rings (SSSR count). The number of hydrogen-bond donors (Lipinski definition) is 1. The summed E-state index contributed by atoms with van der Waals surface area (Å²) in [4.78, 5) is 12.3. The Labute approximate surface area is 136 Å². The van der Waals surface area contributed by atoms with Crippen molar-refractivity contribution in [3.63, 3.8) is 0 Å². The maximum Gasteiger partial charge on any atom is 0.265 e. The third-order valence-corrected chi connectivity index (χ3v) is 3.15. The molecule has 0 aliphatic carbocycles. The monoisotopic (exact) mass is 315 g/mol. The molecule has 0 aliphatic heterocycles. The third-order valence-electron chi connectivity index (χ3n) is 3.15. The SMILES string of the molecule is CCOc1cccc(NC(=O)[C@H](C)Oc2ccccc2OC)c1. The van der Waals surface area contributed by atoms with E-state index in [2.05, 4.69) is 5.32 Å². The summed E-state index contributed by atoms with van der Waals surface area (Å²) in [5, 5.41) is 2.81. The number of ether oxygens (including phenoxy) is 3. The quantitative estimate of drug-likeness (QED) is 0.849. The molecule has 0 heterocycles. The van der Waals surface area contributed by atoms with Gasteiger partial charge >= 0.3 is 0 Å². The number of rotatable bonds is 7. The van der Waals surface area contributed by atoms with E-state index in [0.29, 0.717) is 29.5 Å². The Balaban J connectivity index is 2.01. The standard InChI is InChI=1S/C18H21NO4/c1-4-22-15-9-7-8-14(12-15)19-18(20)13(2)23-17-11-6-5-10-16(17)21-3/h5-13H,4H2,1-3H3,(H,19,20)/t13-/m0/s1. The average Bonchev–Trinajstić information content (AvgIpc) is 2.56. The highest BCUT2D eigenvalue weighted by molar-refractivity contribution is 5.94. The Morgan fingerprint density at radius 1 is 1.13 bits per heavy atom. The van der Waals surface area contributed by atoms with Crippen LogP contribution < -0.4 is 19.5 Å². The number of hydrogen-bond acceptors (Lipinski definition) is 4.